The van der Waals surface area contributed by atoms with E-state index in [1.165, 1.54) is 0 Å². The second kappa shape index (κ2) is 6.60. The Morgan fingerprint density at radius 2 is 1.55 bits per heavy atom. The summed E-state index contributed by atoms with van der Waals surface area (Å²) in [6.45, 7) is 0.453. The van der Waals surface area contributed by atoms with E-state index in [9.17, 15) is 9.59 Å². The molecule has 0 atom stereocenters. The summed E-state index contributed by atoms with van der Waals surface area (Å²) in [5.41, 5.74) is 0.356. The molecule has 4 nitrogen and oxygen atoms in total. The molecule has 3 aromatic rings. The zero-order valence-corrected chi connectivity index (χ0v) is 13.4. The molecule has 0 radical (unpaired) electrons. The van der Waals surface area contributed by atoms with E-state index in [-0.39, 0.29) is 26.2 Å². The van der Waals surface area contributed by atoms with Crippen molar-refractivity contribution in [3.8, 4) is 0 Å². The van der Waals surface area contributed by atoms with Crippen LogP contribution in [-0.2, 0) is 6.54 Å². The van der Waals surface area contributed by atoms with Crippen LogP contribution in [0.3, 0.4) is 0 Å². The fourth-order valence-electron chi connectivity index (χ4n) is 2.08. The number of hydrogen-bond acceptors (Lipinski definition) is 2. The van der Waals surface area contributed by atoms with Crippen LogP contribution < -0.4 is 20.2 Å². The van der Waals surface area contributed by atoms with Crippen LogP contribution in [0.2, 0.25) is 0 Å². The Bertz CT molecular complexity index is 800. The van der Waals surface area contributed by atoms with Gasteiger partial charge >= 0.3 is 133 Å². The van der Waals surface area contributed by atoms with E-state index in [1.807, 2.05) is 60.7 Å². The van der Waals surface area contributed by atoms with Crippen LogP contribution in [0.4, 0.5) is 0 Å². The first-order chi connectivity index (χ1) is 10.7. The van der Waals surface area contributed by atoms with Gasteiger partial charge < -0.3 is 0 Å². The van der Waals surface area contributed by atoms with E-state index in [1.54, 1.807) is 10.8 Å². The van der Waals surface area contributed by atoms with Crippen LogP contribution in [-0.4, -0.2) is 24.5 Å². The van der Waals surface area contributed by atoms with E-state index in [4.69, 9.17) is 0 Å². The first kappa shape index (κ1) is 14.6. The summed E-state index contributed by atoms with van der Waals surface area (Å²) in [6, 6.07) is 19.5. The third kappa shape index (κ3) is 3.45. The molecule has 0 saturated carbocycles. The van der Waals surface area contributed by atoms with Crippen molar-refractivity contribution >= 4 is 23.9 Å². The van der Waals surface area contributed by atoms with Crippen molar-refractivity contribution in [1.29, 1.82) is 0 Å². The molecule has 2 aromatic carbocycles. The molecule has 0 aliphatic rings. The van der Waals surface area contributed by atoms with Crippen LogP contribution in [0.1, 0.15) is 5.56 Å². The summed E-state index contributed by atoms with van der Waals surface area (Å²) in [5, 5.41) is 0. The molecular formula is C17H14N2O2Se. The van der Waals surface area contributed by atoms with Crippen molar-refractivity contribution in [2.45, 2.75) is 6.54 Å². The van der Waals surface area contributed by atoms with Crippen LogP contribution in [0, 0.1) is 0 Å². The average Bonchev–Trinajstić information content (AvgIpc) is 2.54. The Balaban J connectivity index is 1.93. The van der Waals surface area contributed by atoms with E-state index in [2.05, 4.69) is 4.98 Å². The number of nitrogens with zero attached hydrogens (tertiary/aromatic N) is 1. The minimum absolute atomic E-state index is 0.124. The predicted octanol–water partition coefficient (Wildman–Crippen LogP) is 0.240. The molecule has 0 spiro atoms. The molecule has 3 rings (SSSR count). The van der Waals surface area contributed by atoms with Gasteiger partial charge in [0.15, 0.2) is 0 Å². The van der Waals surface area contributed by atoms with Crippen molar-refractivity contribution in [2.75, 3.05) is 0 Å². The number of hydrogen-bond donors (Lipinski definition) is 1. The maximum atomic E-state index is 12.0. The number of H-pyrrole nitrogens is 1. The zero-order chi connectivity index (χ0) is 15.4. The average molecular weight is 357 g/mol. The van der Waals surface area contributed by atoms with Gasteiger partial charge in [-0.1, -0.05) is 0 Å². The Kier molecular flexibility index (Phi) is 4.37. The standard InChI is InChI=1S/C17H14N2O2Se/c20-16-15(22-14-9-5-2-6-10-14)12-19(17(21)18-16)11-13-7-3-1-4-8-13/h1-10,12H,11H2,(H,18,20,21). The summed E-state index contributed by atoms with van der Waals surface area (Å²) in [5.74, 6) is 0. The first-order valence-corrected chi connectivity index (χ1v) is 8.54. The third-order valence-corrected chi connectivity index (χ3v) is 5.28. The van der Waals surface area contributed by atoms with Gasteiger partial charge in [-0.25, -0.2) is 0 Å². The summed E-state index contributed by atoms with van der Waals surface area (Å²) >= 11 is -0.124. The number of aromatic amines is 1. The molecule has 0 aliphatic carbocycles. The van der Waals surface area contributed by atoms with E-state index >= 15 is 0 Å². The van der Waals surface area contributed by atoms with Gasteiger partial charge in [0.1, 0.15) is 0 Å². The summed E-state index contributed by atoms with van der Waals surface area (Å²) in [4.78, 5) is 26.4. The second-order valence-corrected chi connectivity index (χ2v) is 7.12. The maximum absolute atomic E-state index is 12.0. The molecule has 0 fully saturated rings. The van der Waals surface area contributed by atoms with E-state index in [0.717, 1.165) is 10.0 Å². The molecule has 22 heavy (non-hydrogen) atoms. The summed E-state index contributed by atoms with van der Waals surface area (Å²) < 4.78 is 3.30. The molecule has 5 heteroatoms. The molecular weight excluding hydrogens is 343 g/mol. The molecule has 0 saturated heterocycles. The third-order valence-electron chi connectivity index (χ3n) is 3.14. The SMILES string of the molecule is O=c1[nH]c(=O)n(Cc2ccccc2)cc1[Se]c1ccccc1. The monoisotopic (exact) mass is 358 g/mol. The summed E-state index contributed by atoms with van der Waals surface area (Å²) in [6.07, 6.45) is 1.68. The Labute approximate surface area is 133 Å². The topological polar surface area (TPSA) is 54.9 Å². The van der Waals surface area contributed by atoms with E-state index in [0.29, 0.717) is 11.0 Å². The number of nitrogens with one attached hydrogen (secondary N) is 1. The molecule has 0 bridgehead atoms. The van der Waals surface area contributed by atoms with Gasteiger partial charge in [0, 0.05) is 0 Å². The van der Waals surface area contributed by atoms with Gasteiger partial charge in [-0.2, -0.15) is 0 Å². The van der Waals surface area contributed by atoms with Crippen LogP contribution in [0.15, 0.2) is 76.4 Å². The van der Waals surface area contributed by atoms with Gasteiger partial charge in [0.2, 0.25) is 0 Å². The molecule has 1 aromatic heterocycles. The Morgan fingerprint density at radius 3 is 2.23 bits per heavy atom. The molecule has 1 N–H and O–H groups in total. The second-order valence-electron chi connectivity index (χ2n) is 4.78. The normalized spacial score (nSPS) is 10.5. The first-order valence-electron chi connectivity index (χ1n) is 6.83. The number of benzene rings is 2. The number of rotatable bonds is 4. The van der Waals surface area contributed by atoms with Crippen molar-refractivity contribution in [1.82, 2.24) is 9.55 Å². The molecule has 110 valence electrons. The van der Waals surface area contributed by atoms with Gasteiger partial charge in [0.05, 0.1) is 0 Å². The molecule has 1 heterocycles. The van der Waals surface area contributed by atoms with Gasteiger partial charge in [-0.05, 0) is 0 Å². The van der Waals surface area contributed by atoms with Crippen LogP contribution in [0.5, 0.6) is 0 Å². The van der Waals surface area contributed by atoms with E-state index < -0.39 is 0 Å². The van der Waals surface area contributed by atoms with Crippen molar-refractivity contribution < 1.29 is 0 Å². The van der Waals surface area contributed by atoms with Gasteiger partial charge in [-0.3, -0.25) is 0 Å². The molecule has 0 aliphatic heterocycles. The molecule has 0 unspecified atom stereocenters. The zero-order valence-electron chi connectivity index (χ0n) is 11.7. The van der Waals surface area contributed by atoms with Crippen molar-refractivity contribution in [2.24, 2.45) is 0 Å². The van der Waals surface area contributed by atoms with Crippen molar-refractivity contribution in [3.05, 3.63) is 93.3 Å². The predicted molar refractivity (Wildman–Crippen MR) is 88.3 cm³/mol. The quantitative estimate of drug-likeness (QED) is 0.681. The fraction of sp³-hybridized carbons (Fsp3) is 0.0588. The van der Waals surface area contributed by atoms with Crippen LogP contribution in [0.25, 0.3) is 0 Å². The Morgan fingerprint density at radius 1 is 0.909 bits per heavy atom. The number of aromatic nitrogens is 2. The van der Waals surface area contributed by atoms with Gasteiger partial charge in [0.25, 0.3) is 0 Å². The Hall–Kier alpha value is -2.36. The minimum atomic E-state index is -0.374. The van der Waals surface area contributed by atoms with Crippen LogP contribution >= 0.6 is 0 Å². The van der Waals surface area contributed by atoms with Crippen molar-refractivity contribution in [3.63, 3.8) is 0 Å². The molecule has 0 amide bonds. The fourth-order valence-corrected chi connectivity index (χ4v) is 3.90. The van der Waals surface area contributed by atoms with Gasteiger partial charge in [-0.15, -0.1) is 0 Å². The summed E-state index contributed by atoms with van der Waals surface area (Å²) in [7, 11) is 0.